The van der Waals surface area contributed by atoms with E-state index in [4.69, 9.17) is 9.57 Å². The van der Waals surface area contributed by atoms with Gasteiger partial charge in [-0.15, -0.1) is 0 Å². The molecule has 168 valence electrons. The summed E-state index contributed by atoms with van der Waals surface area (Å²) in [5, 5.41) is 1.24. The van der Waals surface area contributed by atoms with Crippen LogP contribution in [-0.4, -0.2) is 53.8 Å². The third-order valence-electron chi connectivity index (χ3n) is 6.35. The van der Waals surface area contributed by atoms with Crippen molar-refractivity contribution < 1.29 is 19.2 Å². The molecule has 0 bridgehead atoms. The first-order chi connectivity index (χ1) is 13.7. The van der Waals surface area contributed by atoms with Gasteiger partial charge in [0.1, 0.15) is 11.6 Å². The normalized spacial score (nSPS) is 25.3. The molecule has 0 radical (unpaired) electrons. The maximum Gasteiger partial charge on any atom is 0.411 e. The highest BCUT2D eigenvalue weighted by Gasteiger charge is 2.46. The summed E-state index contributed by atoms with van der Waals surface area (Å²) < 4.78 is 5.73. The van der Waals surface area contributed by atoms with Gasteiger partial charge >= 0.3 is 6.09 Å². The van der Waals surface area contributed by atoms with E-state index in [9.17, 15) is 9.59 Å². The van der Waals surface area contributed by atoms with Crippen LogP contribution in [-0.2, 0) is 14.4 Å². The molecule has 29 heavy (non-hydrogen) atoms. The molecule has 2 fully saturated rings. The van der Waals surface area contributed by atoms with Crippen molar-refractivity contribution in [3.8, 4) is 0 Å². The van der Waals surface area contributed by atoms with Crippen molar-refractivity contribution in [1.29, 1.82) is 0 Å². The zero-order valence-electron chi connectivity index (χ0n) is 19.2. The zero-order chi connectivity index (χ0) is 21.4. The monoisotopic (exact) mass is 410 g/mol. The molecule has 1 heterocycles. The number of hydroxylamine groups is 2. The minimum absolute atomic E-state index is 0.0739. The first-order valence-electron chi connectivity index (χ1n) is 11.6. The zero-order valence-corrected chi connectivity index (χ0v) is 19.2. The summed E-state index contributed by atoms with van der Waals surface area (Å²) in [5.41, 5.74) is -0.584. The van der Waals surface area contributed by atoms with Crippen molar-refractivity contribution in [2.75, 3.05) is 14.2 Å². The second-order valence-electron chi connectivity index (χ2n) is 9.73. The van der Waals surface area contributed by atoms with E-state index in [1.165, 1.54) is 63.5 Å². The molecule has 1 saturated carbocycles. The van der Waals surface area contributed by atoms with E-state index in [2.05, 4.69) is 0 Å². The minimum Gasteiger partial charge on any atom is -0.444 e. The standard InChI is InChI=1S/C23H42N2O4/c1-23(2,3)29-22(27)25-19(16-17-20(25)21(26)24(4)28-5)18-14-12-10-8-6-7-9-11-13-15-18/h18-20H,6-17H2,1-5H3/t19-,20+/m0/s1. The van der Waals surface area contributed by atoms with Gasteiger partial charge in [-0.05, 0) is 52.4 Å². The van der Waals surface area contributed by atoms with Crippen LogP contribution in [0.3, 0.4) is 0 Å². The van der Waals surface area contributed by atoms with Gasteiger partial charge in [0.05, 0.1) is 7.11 Å². The predicted molar refractivity (Wildman–Crippen MR) is 114 cm³/mol. The van der Waals surface area contributed by atoms with E-state index in [0.29, 0.717) is 12.3 Å². The second kappa shape index (κ2) is 11.2. The van der Waals surface area contributed by atoms with Crippen LogP contribution in [0, 0.1) is 5.92 Å². The van der Waals surface area contributed by atoms with E-state index in [1.807, 2.05) is 20.8 Å². The Morgan fingerprint density at radius 2 is 1.38 bits per heavy atom. The lowest BCUT2D eigenvalue weighted by Gasteiger charge is -2.36. The lowest BCUT2D eigenvalue weighted by atomic mass is 9.87. The molecule has 1 saturated heterocycles. The van der Waals surface area contributed by atoms with Crippen molar-refractivity contribution in [3.05, 3.63) is 0 Å². The largest absolute Gasteiger partial charge is 0.444 e. The highest BCUT2D eigenvalue weighted by atomic mass is 16.7. The van der Waals surface area contributed by atoms with Crippen LogP contribution in [0.2, 0.25) is 0 Å². The fourth-order valence-electron chi connectivity index (χ4n) is 4.82. The van der Waals surface area contributed by atoms with E-state index in [-0.39, 0.29) is 18.0 Å². The van der Waals surface area contributed by atoms with Gasteiger partial charge in [0.15, 0.2) is 0 Å². The fourth-order valence-corrected chi connectivity index (χ4v) is 4.82. The summed E-state index contributed by atoms with van der Waals surface area (Å²) in [6.07, 6.45) is 13.7. The van der Waals surface area contributed by atoms with E-state index in [1.54, 1.807) is 11.9 Å². The van der Waals surface area contributed by atoms with Crippen molar-refractivity contribution >= 4 is 12.0 Å². The Morgan fingerprint density at radius 1 is 0.862 bits per heavy atom. The summed E-state index contributed by atoms with van der Waals surface area (Å²) >= 11 is 0. The van der Waals surface area contributed by atoms with Gasteiger partial charge in [-0.3, -0.25) is 14.5 Å². The molecular weight excluding hydrogens is 368 g/mol. The van der Waals surface area contributed by atoms with Gasteiger partial charge in [0, 0.05) is 13.1 Å². The minimum atomic E-state index is -0.584. The average Bonchev–Trinajstić information content (AvgIpc) is 3.07. The Balaban J connectivity index is 2.21. The Kier molecular flexibility index (Phi) is 9.25. The van der Waals surface area contributed by atoms with E-state index < -0.39 is 11.6 Å². The molecular formula is C23H42N2O4. The van der Waals surface area contributed by atoms with Crippen LogP contribution < -0.4 is 0 Å². The van der Waals surface area contributed by atoms with Crippen LogP contribution in [0.1, 0.15) is 97.8 Å². The Hall–Kier alpha value is -1.30. The number of likely N-dealkylation sites (tertiary alicyclic amines) is 1. The van der Waals surface area contributed by atoms with Gasteiger partial charge in [0.25, 0.3) is 5.91 Å². The van der Waals surface area contributed by atoms with Crippen LogP contribution in [0.25, 0.3) is 0 Å². The summed E-state index contributed by atoms with van der Waals surface area (Å²) in [7, 11) is 3.09. The number of carbonyl (C=O) groups is 2. The molecule has 6 nitrogen and oxygen atoms in total. The molecule has 0 spiro atoms. The quantitative estimate of drug-likeness (QED) is 0.592. The molecule has 0 unspecified atom stereocenters. The van der Waals surface area contributed by atoms with Gasteiger partial charge in [-0.25, -0.2) is 9.86 Å². The lowest BCUT2D eigenvalue weighted by molar-refractivity contribution is -0.174. The van der Waals surface area contributed by atoms with Crippen LogP contribution in [0.15, 0.2) is 0 Å². The topological polar surface area (TPSA) is 59.1 Å². The molecule has 1 aliphatic carbocycles. The smallest absolute Gasteiger partial charge is 0.411 e. The highest BCUT2D eigenvalue weighted by Crippen LogP contribution is 2.36. The number of amides is 2. The van der Waals surface area contributed by atoms with Crippen molar-refractivity contribution in [3.63, 3.8) is 0 Å². The maximum absolute atomic E-state index is 13.2. The Labute approximate surface area is 177 Å². The molecule has 2 aliphatic rings. The van der Waals surface area contributed by atoms with Crippen LogP contribution >= 0.6 is 0 Å². The van der Waals surface area contributed by atoms with E-state index >= 15 is 0 Å². The summed E-state index contributed by atoms with van der Waals surface area (Å²) in [4.78, 5) is 32.9. The number of hydrogen-bond donors (Lipinski definition) is 0. The molecule has 1 aliphatic heterocycles. The maximum atomic E-state index is 13.2. The summed E-state index contributed by atoms with van der Waals surface area (Å²) in [6, 6.07) is -0.428. The Morgan fingerprint density at radius 3 is 1.86 bits per heavy atom. The number of hydrogen-bond acceptors (Lipinski definition) is 4. The van der Waals surface area contributed by atoms with Crippen molar-refractivity contribution in [2.24, 2.45) is 5.92 Å². The van der Waals surface area contributed by atoms with Crippen molar-refractivity contribution in [2.45, 2.75) is 116 Å². The van der Waals surface area contributed by atoms with Gasteiger partial charge in [0.2, 0.25) is 0 Å². The Bertz CT molecular complexity index is 519. The number of ether oxygens (including phenoxy) is 1. The van der Waals surface area contributed by atoms with Crippen LogP contribution in [0.4, 0.5) is 4.79 Å². The molecule has 2 atom stereocenters. The lowest BCUT2D eigenvalue weighted by Crippen LogP contribution is -2.52. The SMILES string of the molecule is CON(C)C(=O)[C@H]1CC[C@@H](C2CCCCCCCCCC2)N1C(=O)OC(C)(C)C. The number of rotatable bonds is 3. The number of nitrogens with zero attached hydrogens (tertiary/aromatic N) is 2. The van der Waals surface area contributed by atoms with Gasteiger partial charge in [-0.2, -0.15) is 0 Å². The fraction of sp³-hybridized carbons (Fsp3) is 0.913. The molecule has 2 amide bonds. The van der Waals surface area contributed by atoms with Crippen LogP contribution in [0.5, 0.6) is 0 Å². The molecule has 0 N–H and O–H groups in total. The number of likely N-dealkylation sites (N-methyl/N-ethyl adjacent to an activating group) is 1. The molecule has 0 aromatic carbocycles. The third-order valence-corrected chi connectivity index (χ3v) is 6.35. The third kappa shape index (κ3) is 7.16. The van der Waals surface area contributed by atoms with Crippen molar-refractivity contribution in [1.82, 2.24) is 9.96 Å². The molecule has 0 aromatic heterocycles. The molecule has 2 rings (SSSR count). The average molecular weight is 411 g/mol. The highest BCUT2D eigenvalue weighted by molar-refractivity contribution is 5.85. The van der Waals surface area contributed by atoms with E-state index in [0.717, 1.165) is 19.3 Å². The van der Waals surface area contributed by atoms with Gasteiger partial charge < -0.3 is 4.74 Å². The first kappa shape index (κ1) is 24.0. The molecule has 0 aromatic rings. The van der Waals surface area contributed by atoms with Gasteiger partial charge in [-0.1, -0.05) is 51.4 Å². The summed E-state index contributed by atoms with van der Waals surface area (Å²) in [6.45, 7) is 5.63. The number of carbonyl (C=O) groups excluding carboxylic acids is 2. The first-order valence-corrected chi connectivity index (χ1v) is 11.6. The predicted octanol–water partition coefficient (Wildman–Crippen LogP) is 5.31. The second-order valence-corrected chi connectivity index (χ2v) is 9.73. The summed E-state index contributed by atoms with van der Waals surface area (Å²) in [5.74, 6) is 0.267. The molecule has 6 heteroatoms.